The topological polar surface area (TPSA) is 131 Å². The van der Waals surface area contributed by atoms with E-state index in [0.717, 1.165) is 52.4 Å². The molecule has 1 N–H and O–H groups in total. The van der Waals surface area contributed by atoms with Crippen LogP contribution in [0, 0.1) is 5.82 Å². The number of hydrogen-bond acceptors (Lipinski definition) is 10. The zero-order valence-electron chi connectivity index (χ0n) is 24.1. The average Bonchev–Trinajstić information content (AvgIpc) is 3.28. The van der Waals surface area contributed by atoms with Crippen LogP contribution in [0.1, 0.15) is 17.0 Å². The van der Waals surface area contributed by atoms with Gasteiger partial charge in [-0.2, -0.15) is 0 Å². The Bertz CT molecular complexity index is 1740. The van der Waals surface area contributed by atoms with Crippen molar-refractivity contribution in [3.8, 4) is 23.0 Å². The molecule has 13 nitrogen and oxygen atoms in total. The Labute approximate surface area is 252 Å². The van der Waals surface area contributed by atoms with Gasteiger partial charge < -0.3 is 24.3 Å². The van der Waals surface area contributed by atoms with Crippen LogP contribution in [0.25, 0.3) is 10.9 Å². The van der Waals surface area contributed by atoms with Gasteiger partial charge in [0.1, 0.15) is 5.75 Å². The Balaban J connectivity index is 1.27. The van der Waals surface area contributed by atoms with Gasteiger partial charge in [-0.1, -0.05) is 0 Å². The Morgan fingerprint density at radius 2 is 1.84 bits per heavy atom. The van der Waals surface area contributed by atoms with Crippen molar-refractivity contribution < 1.29 is 46.1 Å². The van der Waals surface area contributed by atoms with E-state index in [1.807, 2.05) is 0 Å². The van der Waals surface area contributed by atoms with E-state index in [9.17, 15) is 22.8 Å². The van der Waals surface area contributed by atoms with Crippen molar-refractivity contribution in [2.75, 3.05) is 51.9 Å². The molecule has 1 aliphatic rings. The van der Waals surface area contributed by atoms with E-state index in [2.05, 4.69) is 25.1 Å². The Morgan fingerprint density at radius 3 is 2.56 bits per heavy atom. The van der Waals surface area contributed by atoms with Gasteiger partial charge in [-0.05, 0) is 35.5 Å². The molecule has 2 aromatic carbocycles. The number of morpholine rings is 1. The molecule has 45 heavy (non-hydrogen) atoms. The molecular formula is C28H28F4N6O7. The molecule has 0 atom stereocenters. The molecule has 17 heteroatoms. The van der Waals surface area contributed by atoms with Crippen LogP contribution in [0.4, 0.5) is 23.2 Å². The number of halogens is 4. The number of rotatable bonds is 11. The predicted molar refractivity (Wildman–Crippen MR) is 150 cm³/mol. The molecule has 0 bridgehead atoms. The lowest BCUT2D eigenvalue weighted by molar-refractivity contribution is -0.329. The van der Waals surface area contributed by atoms with Crippen LogP contribution >= 0.6 is 0 Å². The van der Waals surface area contributed by atoms with Gasteiger partial charge >= 0.3 is 12.1 Å². The van der Waals surface area contributed by atoms with Gasteiger partial charge in [-0.15, -0.1) is 18.3 Å². The smallest absolute Gasteiger partial charge is 0.493 e. The van der Waals surface area contributed by atoms with Crippen molar-refractivity contribution in [1.29, 1.82) is 0 Å². The molecule has 0 unspecified atom stereocenters. The van der Waals surface area contributed by atoms with Gasteiger partial charge in [0.15, 0.2) is 23.1 Å². The fraction of sp³-hybridized carbons (Fsp3) is 0.357. The van der Waals surface area contributed by atoms with Crippen molar-refractivity contribution in [3.05, 3.63) is 64.7 Å². The molecule has 1 saturated heterocycles. The lowest BCUT2D eigenvalue weighted by Gasteiger charge is -2.26. The number of hydrogen-bond donors (Lipinski definition) is 1. The highest BCUT2D eigenvalue weighted by Crippen LogP contribution is 2.38. The maximum absolute atomic E-state index is 15.1. The lowest BCUT2D eigenvalue weighted by atomic mass is 10.1. The highest BCUT2D eigenvalue weighted by atomic mass is 19.4. The SMILES string of the molecule is COc1cc2c(Oc3ccc(NC(=O)c4nn(OC(F)(F)F)c(=O)n4C)cc3F)ccnc2cc1OCCCN1CCOCC1. The second-order valence-electron chi connectivity index (χ2n) is 9.76. The second-order valence-corrected chi connectivity index (χ2v) is 9.76. The molecule has 3 heterocycles. The van der Waals surface area contributed by atoms with Crippen molar-refractivity contribution in [3.63, 3.8) is 0 Å². The number of carbonyl (C=O) groups excluding carboxylic acids is 1. The van der Waals surface area contributed by atoms with Gasteiger partial charge in [0, 0.05) is 56.1 Å². The third kappa shape index (κ3) is 7.61. The third-order valence-electron chi connectivity index (χ3n) is 6.72. The van der Waals surface area contributed by atoms with E-state index in [1.165, 1.54) is 25.4 Å². The van der Waals surface area contributed by atoms with Crippen molar-refractivity contribution in [2.45, 2.75) is 12.8 Å². The monoisotopic (exact) mass is 636 g/mol. The number of nitrogens with zero attached hydrogens (tertiary/aromatic N) is 5. The van der Waals surface area contributed by atoms with Crippen LogP contribution < -0.4 is 30.1 Å². The van der Waals surface area contributed by atoms with Gasteiger partial charge in [0.25, 0.3) is 5.91 Å². The Kier molecular flexibility index (Phi) is 9.38. The van der Waals surface area contributed by atoms with Gasteiger partial charge in [-0.25, -0.2) is 9.18 Å². The van der Waals surface area contributed by atoms with E-state index < -0.39 is 29.6 Å². The van der Waals surface area contributed by atoms with Crippen molar-refractivity contribution in [2.24, 2.45) is 7.05 Å². The highest BCUT2D eigenvalue weighted by Gasteiger charge is 2.35. The van der Waals surface area contributed by atoms with Gasteiger partial charge in [0.2, 0.25) is 5.82 Å². The summed E-state index contributed by atoms with van der Waals surface area (Å²) in [6, 6.07) is 8.39. The molecule has 1 amide bonds. The first kappa shape index (κ1) is 31.5. The summed E-state index contributed by atoms with van der Waals surface area (Å²) in [6.07, 6.45) is -2.92. The average molecular weight is 637 g/mol. The molecule has 240 valence electrons. The van der Waals surface area contributed by atoms with Crippen LogP contribution in [0.5, 0.6) is 23.0 Å². The number of alkyl halides is 3. The maximum Gasteiger partial charge on any atom is 0.593 e. The number of aromatic nitrogens is 4. The number of anilines is 1. The summed E-state index contributed by atoms with van der Waals surface area (Å²) in [4.78, 5) is 34.3. The number of amides is 1. The number of ether oxygens (including phenoxy) is 4. The molecule has 1 fully saturated rings. The van der Waals surface area contributed by atoms with Crippen LogP contribution in [-0.2, 0) is 11.8 Å². The number of benzene rings is 2. The van der Waals surface area contributed by atoms with Crippen LogP contribution in [0.2, 0.25) is 0 Å². The molecule has 0 saturated carbocycles. The summed E-state index contributed by atoms with van der Waals surface area (Å²) in [6.45, 7) is 4.57. The predicted octanol–water partition coefficient (Wildman–Crippen LogP) is 3.37. The minimum atomic E-state index is -5.21. The van der Waals surface area contributed by atoms with Crippen LogP contribution in [0.3, 0.4) is 0 Å². The number of pyridine rings is 1. The molecule has 0 spiro atoms. The normalized spacial score (nSPS) is 13.9. The van der Waals surface area contributed by atoms with E-state index >= 15 is 4.39 Å². The lowest BCUT2D eigenvalue weighted by Crippen LogP contribution is -2.37. The fourth-order valence-corrected chi connectivity index (χ4v) is 4.52. The molecule has 5 rings (SSSR count). The quantitative estimate of drug-likeness (QED) is 0.193. The first-order valence-corrected chi connectivity index (χ1v) is 13.6. The van der Waals surface area contributed by atoms with Gasteiger partial charge in [0.05, 0.1) is 32.4 Å². The van der Waals surface area contributed by atoms with Crippen molar-refractivity contribution in [1.82, 2.24) is 24.4 Å². The third-order valence-corrected chi connectivity index (χ3v) is 6.72. The van der Waals surface area contributed by atoms with E-state index in [0.29, 0.717) is 33.6 Å². The molecular weight excluding hydrogens is 608 g/mol. The Morgan fingerprint density at radius 1 is 1.07 bits per heavy atom. The van der Waals surface area contributed by atoms with E-state index in [1.54, 1.807) is 18.2 Å². The highest BCUT2D eigenvalue weighted by molar-refractivity contribution is 6.01. The molecule has 1 aliphatic heterocycles. The second kappa shape index (κ2) is 13.4. The zero-order chi connectivity index (χ0) is 32.1. The van der Waals surface area contributed by atoms with E-state index in [4.69, 9.17) is 18.9 Å². The van der Waals surface area contributed by atoms with E-state index in [-0.39, 0.29) is 22.0 Å². The summed E-state index contributed by atoms with van der Waals surface area (Å²) in [7, 11) is 2.52. The molecule has 4 aromatic rings. The minimum absolute atomic E-state index is 0.0831. The maximum atomic E-state index is 15.1. The summed E-state index contributed by atoms with van der Waals surface area (Å²) in [5, 5.41) is 6.03. The molecule has 0 aliphatic carbocycles. The van der Waals surface area contributed by atoms with Crippen molar-refractivity contribution >= 4 is 22.5 Å². The Hall–Kier alpha value is -4.90. The minimum Gasteiger partial charge on any atom is -0.493 e. The number of methoxy groups -OCH3 is 1. The standard InChI is InChI=1S/C28H28F4N6O7/c1-36-25(35-38(27(36)40)45-28(30,31)32)26(39)34-17-4-5-22(19(29)14-17)44-21-6-7-33-20-16-24(23(41-2)15-18(20)21)43-11-3-8-37-9-12-42-13-10-37/h4-7,14-16H,3,8-13H2,1-2H3,(H,34,39). The molecule has 0 radical (unpaired) electrons. The van der Waals surface area contributed by atoms with Crippen LogP contribution in [0.15, 0.2) is 47.4 Å². The fourth-order valence-electron chi connectivity index (χ4n) is 4.52. The zero-order valence-corrected chi connectivity index (χ0v) is 24.1. The first-order chi connectivity index (χ1) is 21.5. The molecule has 2 aromatic heterocycles. The number of fused-ring (bicyclic) bond motifs is 1. The number of nitrogens with one attached hydrogen (secondary N) is 1. The summed E-state index contributed by atoms with van der Waals surface area (Å²) < 4.78 is 75.8. The summed E-state index contributed by atoms with van der Waals surface area (Å²) in [5.74, 6) is -1.67. The summed E-state index contributed by atoms with van der Waals surface area (Å²) >= 11 is 0. The first-order valence-electron chi connectivity index (χ1n) is 13.6. The van der Waals surface area contributed by atoms with Crippen LogP contribution in [-0.4, -0.2) is 83.2 Å². The summed E-state index contributed by atoms with van der Waals surface area (Å²) in [5.41, 5.74) is -0.920. The number of carbonyl (C=O) groups is 1. The van der Waals surface area contributed by atoms with Gasteiger partial charge in [-0.3, -0.25) is 24.1 Å². The largest absolute Gasteiger partial charge is 0.593 e.